The second-order valence-electron chi connectivity index (χ2n) is 8.85. The first kappa shape index (κ1) is 20.7. The van der Waals surface area contributed by atoms with Crippen LogP contribution in [-0.2, 0) is 6.42 Å². The van der Waals surface area contributed by atoms with Gasteiger partial charge in [0.05, 0.1) is 11.9 Å². The highest BCUT2D eigenvalue weighted by atomic mass is 32.2. The molecule has 5 rings (SSSR count). The summed E-state index contributed by atoms with van der Waals surface area (Å²) < 4.78 is 0. The van der Waals surface area contributed by atoms with Gasteiger partial charge in [0.15, 0.2) is 0 Å². The number of benzene rings is 1. The van der Waals surface area contributed by atoms with Crippen molar-refractivity contribution in [1.82, 2.24) is 9.97 Å². The molecule has 2 aliphatic carbocycles. The van der Waals surface area contributed by atoms with Crippen molar-refractivity contribution in [2.75, 3.05) is 18.0 Å². The minimum atomic E-state index is 0. The number of hydrogen-bond acceptors (Lipinski definition) is 5. The standard InChI is InChI=1S/C23H30N4S.CH4/c1-16-22(28-18-7-3-4-8-18)25-15-20(26-16)27-12-10-23(11-13-27)14-17-6-2-5-9-19(17)21(23)24;/h2,5-6,9,15,18,21H,3-4,7-8,10-14,24H2,1H3;1H4/t21-;/m1./s1. The van der Waals surface area contributed by atoms with Gasteiger partial charge in [0.25, 0.3) is 0 Å². The Balaban J connectivity index is 0.00000205. The van der Waals surface area contributed by atoms with Crippen molar-refractivity contribution in [2.24, 2.45) is 11.1 Å². The van der Waals surface area contributed by atoms with Gasteiger partial charge in [-0.2, -0.15) is 0 Å². The molecule has 0 radical (unpaired) electrons. The summed E-state index contributed by atoms with van der Waals surface area (Å²) in [5, 5.41) is 1.86. The van der Waals surface area contributed by atoms with Crippen LogP contribution in [0.2, 0.25) is 0 Å². The van der Waals surface area contributed by atoms with Gasteiger partial charge in [0.2, 0.25) is 0 Å². The van der Waals surface area contributed by atoms with Crippen molar-refractivity contribution in [3.63, 3.8) is 0 Å². The molecule has 2 aromatic rings. The first-order chi connectivity index (χ1) is 13.6. The topological polar surface area (TPSA) is 55.0 Å². The predicted molar refractivity (Wildman–Crippen MR) is 123 cm³/mol. The molecule has 2 fully saturated rings. The molecule has 3 aliphatic rings. The van der Waals surface area contributed by atoms with Crippen LogP contribution in [0.4, 0.5) is 5.82 Å². The highest BCUT2D eigenvalue weighted by Gasteiger charge is 2.45. The molecule has 1 atom stereocenters. The highest BCUT2D eigenvalue weighted by molar-refractivity contribution is 7.99. The molecule has 0 unspecified atom stereocenters. The summed E-state index contributed by atoms with van der Waals surface area (Å²) in [7, 11) is 0. The van der Waals surface area contributed by atoms with E-state index in [0.717, 1.165) is 54.1 Å². The Morgan fingerprint density at radius 1 is 1.14 bits per heavy atom. The van der Waals surface area contributed by atoms with Crippen molar-refractivity contribution >= 4 is 17.6 Å². The molecule has 29 heavy (non-hydrogen) atoms. The first-order valence-electron chi connectivity index (χ1n) is 10.7. The normalized spacial score (nSPS) is 23.2. The van der Waals surface area contributed by atoms with Crippen LogP contribution in [0.15, 0.2) is 35.5 Å². The molecule has 156 valence electrons. The number of rotatable bonds is 3. The number of nitrogens with two attached hydrogens (primary N) is 1. The van der Waals surface area contributed by atoms with E-state index in [1.165, 1.54) is 36.8 Å². The average Bonchev–Trinajstić information content (AvgIpc) is 3.32. The Labute approximate surface area is 179 Å². The van der Waals surface area contributed by atoms with E-state index in [2.05, 4.69) is 36.1 Å². The van der Waals surface area contributed by atoms with E-state index >= 15 is 0 Å². The van der Waals surface area contributed by atoms with Gasteiger partial charge in [0.1, 0.15) is 10.8 Å². The fraction of sp³-hybridized carbons (Fsp3) is 0.583. The van der Waals surface area contributed by atoms with Crippen molar-refractivity contribution in [3.05, 3.63) is 47.3 Å². The number of nitrogens with zero attached hydrogens (tertiary/aromatic N) is 3. The average molecular weight is 411 g/mol. The molecule has 4 nitrogen and oxygen atoms in total. The number of aryl methyl sites for hydroxylation is 1. The number of anilines is 1. The fourth-order valence-electron chi connectivity index (χ4n) is 5.38. The molecule has 1 saturated carbocycles. The largest absolute Gasteiger partial charge is 0.355 e. The lowest BCUT2D eigenvalue weighted by Gasteiger charge is -2.42. The minimum Gasteiger partial charge on any atom is -0.355 e. The van der Waals surface area contributed by atoms with E-state index in [4.69, 9.17) is 15.7 Å². The van der Waals surface area contributed by atoms with Gasteiger partial charge in [0, 0.05) is 24.4 Å². The summed E-state index contributed by atoms with van der Waals surface area (Å²) in [6.45, 7) is 4.15. The van der Waals surface area contributed by atoms with Crippen LogP contribution in [0, 0.1) is 12.3 Å². The Hall–Kier alpha value is -1.59. The van der Waals surface area contributed by atoms with Gasteiger partial charge in [-0.05, 0) is 55.6 Å². The summed E-state index contributed by atoms with van der Waals surface area (Å²) in [5.41, 5.74) is 10.8. The zero-order chi connectivity index (χ0) is 19.1. The molecule has 2 N–H and O–H groups in total. The number of piperidine rings is 1. The lowest BCUT2D eigenvalue weighted by molar-refractivity contribution is 0.187. The van der Waals surface area contributed by atoms with Gasteiger partial charge < -0.3 is 10.6 Å². The predicted octanol–water partition coefficient (Wildman–Crippen LogP) is 5.30. The number of thioether (sulfide) groups is 1. The van der Waals surface area contributed by atoms with Crippen molar-refractivity contribution < 1.29 is 0 Å². The van der Waals surface area contributed by atoms with Gasteiger partial charge in [-0.15, -0.1) is 11.8 Å². The summed E-state index contributed by atoms with van der Waals surface area (Å²) in [4.78, 5) is 12.1. The maximum absolute atomic E-state index is 6.71. The van der Waals surface area contributed by atoms with Crippen LogP contribution in [0.25, 0.3) is 0 Å². The van der Waals surface area contributed by atoms with E-state index < -0.39 is 0 Å². The van der Waals surface area contributed by atoms with E-state index in [1.807, 2.05) is 18.0 Å². The van der Waals surface area contributed by atoms with Crippen LogP contribution in [-0.4, -0.2) is 28.3 Å². The van der Waals surface area contributed by atoms with Crippen LogP contribution < -0.4 is 10.6 Å². The Bertz CT molecular complexity index is 854. The summed E-state index contributed by atoms with van der Waals surface area (Å²) in [6, 6.07) is 8.91. The third-order valence-corrected chi connectivity index (χ3v) is 8.57. The van der Waals surface area contributed by atoms with Crippen LogP contribution in [0.3, 0.4) is 0 Å². The van der Waals surface area contributed by atoms with E-state index in [-0.39, 0.29) is 18.9 Å². The SMILES string of the molecule is C.Cc1nc(N2CCC3(CC2)Cc2ccccc2[C@H]3N)cnc1SC1CCCC1. The minimum absolute atomic E-state index is 0. The van der Waals surface area contributed by atoms with Crippen LogP contribution in [0.5, 0.6) is 0 Å². The molecule has 0 bridgehead atoms. The Kier molecular flexibility index (Phi) is 5.90. The van der Waals surface area contributed by atoms with Crippen molar-refractivity contribution in [3.8, 4) is 0 Å². The number of fused-ring (bicyclic) bond motifs is 1. The zero-order valence-corrected chi connectivity index (χ0v) is 17.5. The van der Waals surface area contributed by atoms with Crippen LogP contribution in [0.1, 0.15) is 68.8 Å². The summed E-state index contributed by atoms with van der Waals surface area (Å²) >= 11 is 1.93. The van der Waals surface area contributed by atoms with Gasteiger partial charge >= 0.3 is 0 Å². The quantitative estimate of drug-likeness (QED) is 0.744. The Morgan fingerprint density at radius 2 is 1.86 bits per heavy atom. The number of hydrogen-bond donors (Lipinski definition) is 1. The van der Waals surface area contributed by atoms with E-state index in [9.17, 15) is 0 Å². The molecule has 1 saturated heterocycles. The zero-order valence-electron chi connectivity index (χ0n) is 16.7. The smallest absolute Gasteiger partial charge is 0.147 e. The van der Waals surface area contributed by atoms with Crippen LogP contribution >= 0.6 is 11.8 Å². The van der Waals surface area contributed by atoms with Gasteiger partial charge in [-0.3, -0.25) is 0 Å². The molecule has 1 aromatic carbocycles. The summed E-state index contributed by atoms with van der Waals surface area (Å²) in [6.07, 6.45) is 10.7. The molecule has 0 amide bonds. The fourth-order valence-corrected chi connectivity index (χ4v) is 6.59. The monoisotopic (exact) mass is 410 g/mol. The van der Waals surface area contributed by atoms with Crippen molar-refractivity contribution in [1.29, 1.82) is 0 Å². The maximum atomic E-state index is 6.71. The molecular weight excluding hydrogens is 376 g/mol. The molecule has 1 aliphatic heterocycles. The van der Waals surface area contributed by atoms with Gasteiger partial charge in [-0.1, -0.05) is 44.5 Å². The van der Waals surface area contributed by atoms with E-state index in [1.54, 1.807) is 0 Å². The lowest BCUT2D eigenvalue weighted by atomic mass is 9.73. The highest BCUT2D eigenvalue weighted by Crippen LogP contribution is 2.50. The van der Waals surface area contributed by atoms with Gasteiger partial charge in [-0.25, -0.2) is 9.97 Å². The van der Waals surface area contributed by atoms with Crippen molar-refractivity contribution in [2.45, 2.75) is 75.6 Å². The molecule has 1 spiro atoms. The Morgan fingerprint density at radius 3 is 2.55 bits per heavy atom. The third kappa shape index (κ3) is 3.79. The maximum Gasteiger partial charge on any atom is 0.147 e. The molecule has 5 heteroatoms. The second-order valence-corrected chi connectivity index (χ2v) is 10.1. The third-order valence-electron chi connectivity index (χ3n) is 7.15. The second kappa shape index (κ2) is 8.27. The lowest BCUT2D eigenvalue weighted by Crippen LogP contribution is -2.44. The summed E-state index contributed by atoms with van der Waals surface area (Å²) in [5.74, 6) is 1.03. The molecule has 1 aromatic heterocycles. The molecular formula is C24H34N4S. The molecule has 2 heterocycles. The first-order valence-corrected chi connectivity index (χ1v) is 11.6. The van der Waals surface area contributed by atoms with E-state index in [0.29, 0.717) is 0 Å². The number of aromatic nitrogens is 2.